The molecule has 0 aromatic carbocycles. The molecule has 1 spiro atoms. The van der Waals surface area contributed by atoms with Crippen LogP contribution in [0.15, 0.2) is 17.4 Å². The minimum Gasteiger partial charge on any atom is -0.373 e. The van der Waals surface area contributed by atoms with Gasteiger partial charge < -0.3 is 10.1 Å². The first-order valence-electron chi connectivity index (χ1n) is 8.01. The van der Waals surface area contributed by atoms with Crippen molar-refractivity contribution in [2.24, 2.45) is 0 Å². The smallest absolute Gasteiger partial charge is 0.230 e. The summed E-state index contributed by atoms with van der Waals surface area (Å²) in [5, 5.41) is 3.75. The lowest BCUT2D eigenvalue weighted by atomic mass is 9.82. The topological polar surface area (TPSA) is 64.1 Å². The van der Waals surface area contributed by atoms with Gasteiger partial charge in [-0.15, -0.1) is 0 Å². The van der Waals surface area contributed by atoms with E-state index in [2.05, 4.69) is 15.3 Å². The molecule has 1 aromatic rings. The highest BCUT2D eigenvalue weighted by Crippen LogP contribution is 2.39. The second-order valence-corrected chi connectivity index (χ2v) is 7.24. The number of hydrogen-bond donors (Lipinski definition) is 1. The summed E-state index contributed by atoms with van der Waals surface area (Å²) < 4.78 is 6.03. The number of ether oxygens (including phenoxy) is 1. The molecular formula is C16H23N3O2S. The number of nitrogens with zero attached hydrogens (tertiary/aromatic N) is 2. The third kappa shape index (κ3) is 3.98. The molecule has 1 N–H and O–H groups in total. The van der Waals surface area contributed by atoms with Crippen LogP contribution in [0, 0.1) is 6.92 Å². The highest BCUT2D eigenvalue weighted by Gasteiger charge is 2.41. The summed E-state index contributed by atoms with van der Waals surface area (Å²) in [7, 11) is 0. The fourth-order valence-electron chi connectivity index (χ4n) is 3.38. The van der Waals surface area contributed by atoms with Crippen LogP contribution in [0.2, 0.25) is 0 Å². The van der Waals surface area contributed by atoms with E-state index in [4.69, 9.17) is 4.74 Å². The summed E-state index contributed by atoms with van der Waals surface area (Å²) in [5.74, 6) is 0.393. The molecule has 1 amide bonds. The number of thioether (sulfide) groups is 1. The van der Waals surface area contributed by atoms with E-state index in [1.54, 1.807) is 6.20 Å². The normalized spacial score (nSPS) is 23.6. The molecule has 2 fully saturated rings. The minimum atomic E-state index is 0.0385. The number of aryl methyl sites for hydroxylation is 1. The van der Waals surface area contributed by atoms with Crippen LogP contribution in [0.3, 0.4) is 0 Å². The van der Waals surface area contributed by atoms with Crippen LogP contribution >= 0.6 is 11.8 Å². The van der Waals surface area contributed by atoms with Crippen molar-refractivity contribution in [3.63, 3.8) is 0 Å². The fraction of sp³-hybridized carbons (Fsp3) is 0.688. The van der Waals surface area contributed by atoms with Gasteiger partial charge in [0, 0.05) is 11.9 Å². The van der Waals surface area contributed by atoms with Crippen molar-refractivity contribution >= 4 is 17.7 Å². The number of aromatic nitrogens is 2. The summed E-state index contributed by atoms with van der Waals surface area (Å²) >= 11 is 1.38. The number of hydrogen-bond acceptors (Lipinski definition) is 5. The first-order chi connectivity index (χ1) is 10.7. The quantitative estimate of drug-likeness (QED) is 0.682. The van der Waals surface area contributed by atoms with Gasteiger partial charge in [0.05, 0.1) is 24.0 Å². The van der Waals surface area contributed by atoms with Crippen molar-refractivity contribution < 1.29 is 9.53 Å². The Hall–Kier alpha value is -1.14. The number of carbonyl (C=O) groups is 1. The Bertz CT molecular complexity index is 532. The average Bonchev–Trinajstić information content (AvgIpc) is 2.88. The Morgan fingerprint density at radius 1 is 1.45 bits per heavy atom. The Balaban J connectivity index is 1.44. The van der Waals surface area contributed by atoms with E-state index >= 15 is 0 Å². The average molecular weight is 321 g/mol. The predicted molar refractivity (Wildman–Crippen MR) is 85.8 cm³/mol. The maximum Gasteiger partial charge on any atom is 0.230 e. The molecule has 22 heavy (non-hydrogen) atoms. The molecule has 1 aromatic heterocycles. The molecule has 1 atom stereocenters. The molecule has 5 nitrogen and oxygen atoms in total. The molecule has 2 heterocycles. The van der Waals surface area contributed by atoms with Crippen molar-refractivity contribution in [1.29, 1.82) is 0 Å². The molecule has 1 aliphatic heterocycles. The lowest BCUT2D eigenvalue weighted by Gasteiger charge is -2.32. The van der Waals surface area contributed by atoms with Crippen LogP contribution in [-0.2, 0) is 9.53 Å². The van der Waals surface area contributed by atoms with Gasteiger partial charge in [-0.2, -0.15) is 0 Å². The Labute approximate surface area is 135 Å². The summed E-state index contributed by atoms with van der Waals surface area (Å²) in [6, 6.07) is 2.01. The van der Waals surface area contributed by atoms with Crippen LogP contribution in [-0.4, -0.2) is 39.9 Å². The maximum absolute atomic E-state index is 12.1. The highest BCUT2D eigenvalue weighted by atomic mass is 32.2. The Kier molecular flexibility index (Phi) is 4.98. The second kappa shape index (κ2) is 6.96. The van der Waals surface area contributed by atoms with Crippen molar-refractivity contribution in [3.05, 3.63) is 18.0 Å². The van der Waals surface area contributed by atoms with Crippen LogP contribution in [0.25, 0.3) is 0 Å². The van der Waals surface area contributed by atoms with E-state index in [0.29, 0.717) is 17.5 Å². The van der Waals surface area contributed by atoms with Gasteiger partial charge in [0.15, 0.2) is 5.16 Å². The number of carbonyl (C=O) groups excluding carboxylic acids is 1. The van der Waals surface area contributed by atoms with Crippen LogP contribution in [0.4, 0.5) is 0 Å². The van der Waals surface area contributed by atoms with Crippen molar-refractivity contribution in [2.75, 3.05) is 12.4 Å². The molecule has 3 rings (SSSR count). The summed E-state index contributed by atoms with van der Waals surface area (Å²) in [6.45, 7) is 2.57. The monoisotopic (exact) mass is 321 g/mol. The Morgan fingerprint density at radius 3 is 3.05 bits per heavy atom. The number of rotatable bonds is 4. The van der Waals surface area contributed by atoms with Crippen LogP contribution in [0.1, 0.15) is 44.2 Å². The van der Waals surface area contributed by atoms with E-state index in [1.165, 1.54) is 31.0 Å². The first-order valence-corrected chi connectivity index (χ1v) is 9.00. The van der Waals surface area contributed by atoms with E-state index in [-0.39, 0.29) is 17.6 Å². The molecule has 1 unspecified atom stereocenters. The summed E-state index contributed by atoms with van der Waals surface area (Å²) in [6.07, 6.45) is 8.79. The molecule has 120 valence electrons. The van der Waals surface area contributed by atoms with E-state index < -0.39 is 0 Å². The van der Waals surface area contributed by atoms with Gasteiger partial charge in [0.1, 0.15) is 0 Å². The number of nitrogens with one attached hydrogen (secondary N) is 1. The van der Waals surface area contributed by atoms with E-state index in [9.17, 15) is 4.79 Å². The zero-order valence-electron chi connectivity index (χ0n) is 13.0. The first kappa shape index (κ1) is 15.7. The zero-order chi connectivity index (χ0) is 15.4. The fourth-order valence-corrected chi connectivity index (χ4v) is 4.06. The second-order valence-electron chi connectivity index (χ2n) is 6.29. The van der Waals surface area contributed by atoms with Gasteiger partial charge in [0.2, 0.25) is 5.91 Å². The SMILES string of the molecule is Cc1ccnc(SCC(=O)NC2COC3(CCCCC3)C2)n1. The molecule has 1 saturated heterocycles. The molecule has 0 bridgehead atoms. The largest absolute Gasteiger partial charge is 0.373 e. The zero-order valence-corrected chi connectivity index (χ0v) is 13.8. The molecule has 1 aliphatic carbocycles. The lowest BCUT2D eigenvalue weighted by Crippen LogP contribution is -2.38. The standard InChI is InChI=1S/C16H23N3O2S/c1-12-5-8-17-15(18-12)22-11-14(20)19-13-9-16(21-10-13)6-3-2-4-7-16/h5,8,13H,2-4,6-7,9-11H2,1H3,(H,19,20). The molecule has 6 heteroatoms. The van der Waals surface area contributed by atoms with E-state index in [1.807, 2.05) is 13.0 Å². The minimum absolute atomic E-state index is 0.0385. The highest BCUT2D eigenvalue weighted by molar-refractivity contribution is 7.99. The van der Waals surface area contributed by atoms with Crippen molar-refractivity contribution in [2.45, 2.75) is 62.2 Å². The van der Waals surface area contributed by atoms with Crippen molar-refractivity contribution in [1.82, 2.24) is 15.3 Å². The lowest BCUT2D eigenvalue weighted by molar-refractivity contribution is -0.119. The maximum atomic E-state index is 12.1. The third-order valence-corrected chi connectivity index (χ3v) is 5.31. The van der Waals surface area contributed by atoms with Gasteiger partial charge in [0.25, 0.3) is 0 Å². The van der Waals surface area contributed by atoms with Gasteiger partial charge in [-0.1, -0.05) is 31.0 Å². The molecule has 2 aliphatic rings. The summed E-state index contributed by atoms with van der Waals surface area (Å²) in [5.41, 5.74) is 0.963. The van der Waals surface area contributed by atoms with Crippen LogP contribution in [0.5, 0.6) is 0 Å². The van der Waals surface area contributed by atoms with Crippen LogP contribution < -0.4 is 5.32 Å². The van der Waals surface area contributed by atoms with E-state index in [0.717, 1.165) is 25.0 Å². The third-order valence-electron chi connectivity index (χ3n) is 4.44. The Morgan fingerprint density at radius 2 is 2.27 bits per heavy atom. The van der Waals surface area contributed by atoms with Gasteiger partial charge in [-0.05, 0) is 32.3 Å². The predicted octanol–water partition coefficient (Wildman–Crippen LogP) is 2.49. The van der Waals surface area contributed by atoms with Gasteiger partial charge in [-0.3, -0.25) is 4.79 Å². The van der Waals surface area contributed by atoms with Gasteiger partial charge in [-0.25, -0.2) is 9.97 Å². The van der Waals surface area contributed by atoms with Gasteiger partial charge >= 0.3 is 0 Å². The summed E-state index contributed by atoms with van der Waals surface area (Å²) in [4.78, 5) is 20.5. The molecule has 1 saturated carbocycles. The number of amides is 1. The molecular weight excluding hydrogens is 298 g/mol. The van der Waals surface area contributed by atoms with Crippen molar-refractivity contribution in [3.8, 4) is 0 Å². The molecule has 0 radical (unpaired) electrons.